The second-order valence-electron chi connectivity index (χ2n) is 8.23. The number of carbonyl (C=O) groups is 1. The van der Waals surface area contributed by atoms with Crippen LogP contribution in [0.15, 0.2) is 36.0 Å². The summed E-state index contributed by atoms with van der Waals surface area (Å²) < 4.78 is 0. The van der Waals surface area contributed by atoms with Crippen molar-refractivity contribution in [3.8, 4) is 0 Å². The van der Waals surface area contributed by atoms with Gasteiger partial charge in [0.25, 0.3) is 0 Å². The van der Waals surface area contributed by atoms with Crippen molar-refractivity contribution < 1.29 is 4.79 Å². The highest BCUT2D eigenvalue weighted by Gasteiger charge is 2.55. The van der Waals surface area contributed by atoms with Crippen LogP contribution >= 0.6 is 0 Å². The molecule has 21 heavy (non-hydrogen) atoms. The smallest absolute Gasteiger partial charge is 0.156 e. The lowest BCUT2D eigenvalue weighted by Gasteiger charge is -2.55. The van der Waals surface area contributed by atoms with Crippen LogP contribution in [0, 0.1) is 28.6 Å². The maximum Gasteiger partial charge on any atom is 0.156 e. The van der Waals surface area contributed by atoms with Gasteiger partial charge in [0.15, 0.2) is 5.78 Å². The average molecular weight is 282 g/mol. The van der Waals surface area contributed by atoms with Crippen molar-refractivity contribution in [1.29, 1.82) is 0 Å². The molecule has 5 atom stereocenters. The van der Waals surface area contributed by atoms with Crippen LogP contribution in [0.25, 0.3) is 0 Å². The first-order chi connectivity index (χ1) is 9.95. The molecule has 2 fully saturated rings. The zero-order valence-electron chi connectivity index (χ0n) is 13.3. The molecule has 0 amide bonds. The number of fused-ring (bicyclic) bond motifs is 5. The minimum absolute atomic E-state index is 0.235. The van der Waals surface area contributed by atoms with Gasteiger partial charge >= 0.3 is 0 Å². The molecule has 0 aromatic carbocycles. The third-order valence-corrected chi connectivity index (χ3v) is 7.47. The summed E-state index contributed by atoms with van der Waals surface area (Å²) in [7, 11) is 0. The van der Waals surface area contributed by atoms with Gasteiger partial charge in [-0.1, -0.05) is 38.2 Å². The second kappa shape index (κ2) is 4.21. The maximum absolute atomic E-state index is 11.8. The van der Waals surface area contributed by atoms with Crippen LogP contribution in [0.5, 0.6) is 0 Å². The molecule has 4 rings (SSSR count). The number of ketones is 1. The van der Waals surface area contributed by atoms with Crippen molar-refractivity contribution in [2.75, 3.05) is 0 Å². The van der Waals surface area contributed by atoms with Crippen LogP contribution < -0.4 is 0 Å². The van der Waals surface area contributed by atoms with Gasteiger partial charge in [0.2, 0.25) is 0 Å². The lowest BCUT2D eigenvalue weighted by molar-refractivity contribution is -0.116. The fraction of sp³-hybridized carbons (Fsp3) is 0.650. The summed E-state index contributed by atoms with van der Waals surface area (Å²) in [6.45, 7) is 9.25. The molecule has 112 valence electrons. The van der Waals surface area contributed by atoms with E-state index in [0.717, 1.165) is 24.7 Å². The minimum atomic E-state index is 0.235. The molecule has 0 spiro atoms. The third-order valence-electron chi connectivity index (χ3n) is 7.47. The van der Waals surface area contributed by atoms with Crippen molar-refractivity contribution >= 4 is 5.78 Å². The standard InChI is InChI=1S/C20H26O/c1-13-4-7-17-16-6-5-14-12-15(21)8-10-20(14,3)18(16)9-11-19(13,17)2/h5-6,12,16-18H,1,4,7-11H2,2-3H3/t16-,17-,18-,19+,20-/m0/s1. The molecule has 0 unspecified atom stereocenters. The molecule has 0 saturated heterocycles. The van der Waals surface area contributed by atoms with Gasteiger partial charge in [-0.05, 0) is 72.3 Å². The maximum atomic E-state index is 11.8. The van der Waals surface area contributed by atoms with Crippen LogP contribution in [0.2, 0.25) is 0 Å². The molecule has 0 aromatic rings. The van der Waals surface area contributed by atoms with Gasteiger partial charge in [-0.15, -0.1) is 0 Å². The second-order valence-corrected chi connectivity index (χ2v) is 8.23. The van der Waals surface area contributed by atoms with Crippen molar-refractivity contribution in [1.82, 2.24) is 0 Å². The molecule has 0 aliphatic heterocycles. The summed E-state index contributed by atoms with van der Waals surface area (Å²) in [5.74, 6) is 2.51. The Morgan fingerprint density at radius 2 is 1.86 bits per heavy atom. The number of allylic oxidation sites excluding steroid dienone is 5. The van der Waals surface area contributed by atoms with Crippen molar-refractivity contribution in [2.24, 2.45) is 28.6 Å². The normalized spacial score (nSPS) is 48.5. The van der Waals surface area contributed by atoms with Gasteiger partial charge in [-0.2, -0.15) is 0 Å². The predicted octanol–water partition coefficient (Wildman–Crippen LogP) is 4.85. The Bertz CT molecular complexity index is 581. The molecule has 0 aromatic heterocycles. The van der Waals surface area contributed by atoms with E-state index < -0.39 is 0 Å². The van der Waals surface area contributed by atoms with Crippen LogP contribution in [-0.2, 0) is 4.79 Å². The first-order valence-corrected chi connectivity index (χ1v) is 8.57. The van der Waals surface area contributed by atoms with E-state index in [0.29, 0.717) is 17.1 Å². The number of carbonyl (C=O) groups excluding carboxylic acids is 1. The molecular formula is C20H26O. The molecule has 1 nitrogen and oxygen atoms in total. The highest BCUT2D eigenvalue weighted by atomic mass is 16.1. The Hall–Kier alpha value is -1.11. The Morgan fingerprint density at radius 1 is 1.10 bits per heavy atom. The van der Waals surface area contributed by atoms with Crippen LogP contribution in [0.4, 0.5) is 0 Å². The topological polar surface area (TPSA) is 17.1 Å². The average Bonchev–Trinajstić information content (AvgIpc) is 2.76. The Balaban J connectivity index is 1.77. The minimum Gasteiger partial charge on any atom is -0.295 e. The number of rotatable bonds is 0. The summed E-state index contributed by atoms with van der Waals surface area (Å²) in [6, 6.07) is 0. The molecule has 1 heteroatoms. The van der Waals surface area contributed by atoms with Gasteiger partial charge in [0, 0.05) is 6.42 Å². The van der Waals surface area contributed by atoms with E-state index in [1.54, 1.807) is 0 Å². The number of hydrogen-bond donors (Lipinski definition) is 0. The van der Waals surface area contributed by atoms with E-state index in [1.165, 1.54) is 36.8 Å². The van der Waals surface area contributed by atoms with E-state index in [4.69, 9.17) is 0 Å². The molecule has 0 bridgehead atoms. The van der Waals surface area contributed by atoms with E-state index in [-0.39, 0.29) is 5.41 Å². The van der Waals surface area contributed by atoms with Gasteiger partial charge in [-0.3, -0.25) is 4.79 Å². The molecule has 4 aliphatic rings. The zero-order valence-corrected chi connectivity index (χ0v) is 13.3. The highest BCUT2D eigenvalue weighted by molar-refractivity contribution is 5.92. The summed E-state index contributed by atoms with van der Waals surface area (Å²) in [5, 5.41) is 0. The monoisotopic (exact) mass is 282 g/mol. The molecule has 2 saturated carbocycles. The third kappa shape index (κ3) is 1.67. The summed E-state index contributed by atoms with van der Waals surface area (Å²) in [5.41, 5.74) is 3.40. The first kappa shape index (κ1) is 13.5. The van der Waals surface area contributed by atoms with Crippen molar-refractivity contribution in [3.63, 3.8) is 0 Å². The SMILES string of the molecule is C=C1CC[C@H]2[C@@H]3C=CC4=CC(=O)CC[C@]4(C)[C@H]3CC[C@]12C. The largest absolute Gasteiger partial charge is 0.295 e. The highest BCUT2D eigenvalue weighted by Crippen LogP contribution is 2.64. The first-order valence-electron chi connectivity index (χ1n) is 8.57. The fourth-order valence-corrected chi connectivity index (χ4v) is 5.91. The Kier molecular flexibility index (Phi) is 2.72. The Morgan fingerprint density at radius 3 is 2.67 bits per heavy atom. The van der Waals surface area contributed by atoms with E-state index in [9.17, 15) is 4.79 Å². The lowest BCUT2D eigenvalue weighted by Crippen LogP contribution is -2.47. The van der Waals surface area contributed by atoms with Gasteiger partial charge < -0.3 is 0 Å². The fourth-order valence-electron chi connectivity index (χ4n) is 5.91. The molecule has 4 aliphatic carbocycles. The molecule has 0 heterocycles. The van der Waals surface area contributed by atoms with Crippen molar-refractivity contribution in [3.05, 3.63) is 36.0 Å². The zero-order chi connectivity index (χ0) is 14.8. The molecule has 0 radical (unpaired) electrons. The summed E-state index contributed by atoms with van der Waals surface area (Å²) in [4.78, 5) is 11.8. The van der Waals surface area contributed by atoms with Crippen LogP contribution in [0.1, 0.15) is 52.4 Å². The van der Waals surface area contributed by atoms with Crippen LogP contribution in [-0.4, -0.2) is 5.78 Å². The van der Waals surface area contributed by atoms with Gasteiger partial charge in [-0.25, -0.2) is 0 Å². The van der Waals surface area contributed by atoms with E-state index in [1.807, 2.05) is 6.08 Å². The van der Waals surface area contributed by atoms with Gasteiger partial charge in [0.05, 0.1) is 0 Å². The quantitative estimate of drug-likeness (QED) is 0.580. The summed E-state index contributed by atoms with van der Waals surface area (Å²) >= 11 is 0. The van der Waals surface area contributed by atoms with E-state index in [2.05, 4.69) is 32.6 Å². The lowest BCUT2D eigenvalue weighted by atomic mass is 9.49. The number of hydrogen-bond acceptors (Lipinski definition) is 1. The molecule has 0 N–H and O–H groups in total. The predicted molar refractivity (Wildman–Crippen MR) is 85.8 cm³/mol. The van der Waals surface area contributed by atoms with Crippen molar-refractivity contribution in [2.45, 2.75) is 52.4 Å². The van der Waals surface area contributed by atoms with Crippen LogP contribution in [0.3, 0.4) is 0 Å². The molecular weight excluding hydrogens is 256 g/mol. The Labute approximate surface area is 128 Å². The van der Waals surface area contributed by atoms with E-state index >= 15 is 0 Å². The summed E-state index contributed by atoms with van der Waals surface area (Å²) in [6.07, 6.45) is 13.6. The van der Waals surface area contributed by atoms with Gasteiger partial charge in [0.1, 0.15) is 0 Å².